The van der Waals surface area contributed by atoms with Crippen molar-refractivity contribution in [3.63, 3.8) is 0 Å². The van der Waals surface area contributed by atoms with E-state index < -0.39 is 17.7 Å². The number of likely N-dealkylation sites (tertiary alicyclic amines) is 1. The van der Waals surface area contributed by atoms with Gasteiger partial charge in [0.1, 0.15) is 11.5 Å². The summed E-state index contributed by atoms with van der Waals surface area (Å²) in [5, 5.41) is 12.0. The molecule has 33 heavy (non-hydrogen) atoms. The maximum Gasteiger partial charge on any atom is 0.295 e. The second kappa shape index (κ2) is 10.6. The maximum atomic E-state index is 13.2. The van der Waals surface area contributed by atoms with Crippen LogP contribution in [0, 0.1) is 6.92 Å². The lowest BCUT2D eigenvalue weighted by molar-refractivity contribution is -0.140. The highest BCUT2D eigenvalue weighted by Crippen LogP contribution is 2.42. The first-order chi connectivity index (χ1) is 15.7. The quantitative estimate of drug-likeness (QED) is 0.317. The summed E-state index contributed by atoms with van der Waals surface area (Å²) in [6.07, 6.45) is 0. The molecule has 2 aromatic carbocycles. The van der Waals surface area contributed by atoms with Crippen LogP contribution in [0.5, 0.6) is 5.75 Å². The van der Waals surface area contributed by atoms with E-state index in [-0.39, 0.29) is 11.3 Å². The maximum absolute atomic E-state index is 13.2. The molecule has 1 aliphatic heterocycles. The Hall–Kier alpha value is -2.54. The molecule has 1 unspecified atom stereocenters. The number of hydrogen-bond acceptors (Lipinski definition) is 5. The monoisotopic (exact) mass is 490 g/mol. The average molecular weight is 491 g/mol. The van der Waals surface area contributed by atoms with Crippen LogP contribution in [0.15, 0.2) is 42.0 Å². The molecular formula is C25H28Cl2N2O4. The van der Waals surface area contributed by atoms with Crippen molar-refractivity contribution >= 4 is 40.7 Å². The number of Topliss-reactive ketones (excluding diaryl/α,β-unsaturated/α-hetero) is 1. The zero-order valence-corrected chi connectivity index (χ0v) is 20.7. The molecule has 0 saturated carbocycles. The van der Waals surface area contributed by atoms with Crippen molar-refractivity contribution in [1.82, 2.24) is 9.80 Å². The van der Waals surface area contributed by atoms with Crippen LogP contribution in [0.2, 0.25) is 10.0 Å². The molecule has 2 aromatic rings. The molecule has 176 valence electrons. The second-order valence-corrected chi connectivity index (χ2v) is 8.71. The predicted octanol–water partition coefficient (Wildman–Crippen LogP) is 5.07. The number of nitrogens with zero attached hydrogens (tertiary/aromatic N) is 2. The van der Waals surface area contributed by atoms with Crippen molar-refractivity contribution in [3.8, 4) is 5.75 Å². The molecule has 8 heteroatoms. The number of methoxy groups -OCH3 is 1. The van der Waals surface area contributed by atoms with E-state index in [0.29, 0.717) is 45.6 Å². The predicted molar refractivity (Wildman–Crippen MR) is 131 cm³/mol. The number of benzene rings is 2. The Morgan fingerprint density at radius 1 is 1.12 bits per heavy atom. The van der Waals surface area contributed by atoms with Gasteiger partial charge in [-0.25, -0.2) is 0 Å². The van der Waals surface area contributed by atoms with Crippen molar-refractivity contribution < 1.29 is 19.4 Å². The molecule has 3 rings (SSSR count). The van der Waals surface area contributed by atoms with E-state index >= 15 is 0 Å². The molecule has 1 N–H and O–H groups in total. The van der Waals surface area contributed by atoms with Gasteiger partial charge in [0.25, 0.3) is 11.7 Å². The van der Waals surface area contributed by atoms with Gasteiger partial charge >= 0.3 is 0 Å². The summed E-state index contributed by atoms with van der Waals surface area (Å²) in [7, 11) is 1.55. The Balaban J connectivity index is 2.17. The third-order valence-electron chi connectivity index (χ3n) is 6.04. The minimum Gasteiger partial charge on any atom is -0.507 e. The van der Waals surface area contributed by atoms with E-state index in [1.165, 1.54) is 4.90 Å². The fourth-order valence-electron chi connectivity index (χ4n) is 4.12. The van der Waals surface area contributed by atoms with Gasteiger partial charge in [-0.2, -0.15) is 0 Å². The first kappa shape index (κ1) is 25.1. The molecule has 6 nitrogen and oxygen atoms in total. The smallest absolute Gasteiger partial charge is 0.295 e. The molecule has 1 amide bonds. The van der Waals surface area contributed by atoms with Gasteiger partial charge in [-0.15, -0.1) is 0 Å². The third-order valence-corrected chi connectivity index (χ3v) is 6.60. The molecule has 1 atom stereocenters. The molecule has 0 aliphatic carbocycles. The van der Waals surface area contributed by atoms with Crippen LogP contribution >= 0.6 is 23.2 Å². The Morgan fingerprint density at radius 3 is 2.39 bits per heavy atom. The van der Waals surface area contributed by atoms with Gasteiger partial charge in [0, 0.05) is 28.7 Å². The second-order valence-electron chi connectivity index (χ2n) is 7.87. The molecule has 1 saturated heterocycles. The summed E-state index contributed by atoms with van der Waals surface area (Å²) in [4.78, 5) is 30.0. The average Bonchev–Trinajstić information content (AvgIpc) is 3.04. The molecule has 0 aromatic heterocycles. The number of amides is 1. The van der Waals surface area contributed by atoms with E-state index in [1.807, 2.05) is 13.8 Å². The summed E-state index contributed by atoms with van der Waals surface area (Å²) >= 11 is 12.6. The summed E-state index contributed by atoms with van der Waals surface area (Å²) < 4.78 is 5.24. The number of halogens is 2. The van der Waals surface area contributed by atoms with Gasteiger partial charge in [0.2, 0.25) is 0 Å². The number of aliphatic hydroxyl groups is 1. The number of aliphatic hydroxyl groups excluding tert-OH is 1. The number of carbonyl (C=O) groups is 2. The van der Waals surface area contributed by atoms with Crippen molar-refractivity contribution in [2.75, 3.05) is 33.3 Å². The van der Waals surface area contributed by atoms with E-state index in [4.69, 9.17) is 27.9 Å². The van der Waals surface area contributed by atoms with Crippen LogP contribution in [0.4, 0.5) is 0 Å². The van der Waals surface area contributed by atoms with Crippen LogP contribution in [-0.2, 0) is 9.59 Å². The number of hydrogen-bond donors (Lipinski definition) is 1. The molecule has 1 heterocycles. The highest BCUT2D eigenvalue weighted by molar-refractivity contribution is 6.47. The molecule has 1 aliphatic rings. The Kier molecular flexibility index (Phi) is 8.05. The van der Waals surface area contributed by atoms with E-state index in [1.54, 1.807) is 50.4 Å². The van der Waals surface area contributed by atoms with Gasteiger partial charge in [-0.3, -0.25) is 9.59 Å². The molecule has 0 radical (unpaired) electrons. The third kappa shape index (κ3) is 5.03. The van der Waals surface area contributed by atoms with E-state index in [2.05, 4.69) is 4.90 Å². The largest absolute Gasteiger partial charge is 0.507 e. The van der Waals surface area contributed by atoms with Gasteiger partial charge < -0.3 is 19.6 Å². The Bertz CT molecular complexity index is 1100. The lowest BCUT2D eigenvalue weighted by atomic mass is 9.94. The van der Waals surface area contributed by atoms with Gasteiger partial charge in [0.05, 0.1) is 18.7 Å². The Labute approximate surface area is 204 Å². The number of carbonyl (C=O) groups excluding carboxylic acids is 2. The SMILES string of the molecule is CCN(CC)CCN1C(=O)C(=O)/C(=C(/O)c2ccc(OC)cc2C)C1c1ccc(Cl)cc1Cl. The highest BCUT2D eigenvalue weighted by Gasteiger charge is 2.46. The van der Waals surface area contributed by atoms with Gasteiger partial charge in [0.15, 0.2) is 0 Å². The zero-order valence-electron chi connectivity index (χ0n) is 19.2. The highest BCUT2D eigenvalue weighted by atomic mass is 35.5. The van der Waals surface area contributed by atoms with Crippen LogP contribution < -0.4 is 4.74 Å². The first-order valence-electron chi connectivity index (χ1n) is 10.8. The first-order valence-corrected chi connectivity index (χ1v) is 11.6. The normalized spacial score (nSPS) is 17.8. The van der Waals surface area contributed by atoms with Crippen molar-refractivity contribution in [2.24, 2.45) is 0 Å². The van der Waals surface area contributed by atoms with Crippen molar-refractivity contribution in [2.45, 2.75) is 26.8 Å². The molecular weight excluding hydrogens is 463 g/mol. The minimum absolute atomic E-state index is 0.0111. The van der Waals surface area contributed by atoms with Crippen molar-refractivity contribution in [1.29, 1.82) is 0 Å². The summed E-state index contributed by atoms with van der Waals surface area (Å²) in [5.41, 5.74) is 1.71. The Morgan fingerprint density at radius 2 is 1.82 bits per heavy atom. The number of rotatable bonds is 8. The lowest BCUT2D eigenvalue weighted by Crippen LogP contribution is -2.38. The van der Waals surface area contributed by atoms with Crippen LogP contribution in [0.3, 0.4) is 0 Å². The lowest BCUT2D eigenvalue weighted by Gasteiger charge is -2.28. The summed E-state index contributed by atoms with van der Waals surface area (Å²) in [6, 6.07) is 9.23. The standard InChI is InChI=1S/C25H28Cl2N2O4/c1-5-28(6-2)11-12-29-22(19-9-7-16(26)14-20(19)27)21(24(31)25(29)32)23(30)18-10-8-17(33-4)13-15(18)3/h7-10,13-14,22,30H,5-6,11-12H2,1-4H3/b23-21+. The molecule has 0 bridgehead atoms. The minimum atomic E-state index is -0.827. The van der Waals surface area contributed by atoms with E-state index in [0.717, 1.165) is 13.1 Å². The molecule has 1 fully saturated rings. The molecule has 0 spiro atoms. The topological polar surface area (TPSA) is 70.1 Å². The van der Waals surface area contributed by atoms with Gasteiger partial charge in [-0.1, -0.05) is 43.1 Å². The summed E-state index contributed by atoms with van der Waals surface area (Å²) in [5.74, 6) is -1.01. The van der Waals surface area contributed by atoms with Crippen molar-refractivity contribution in [3.05, 3.63) is 68.7 Å². The van der Waals surface area contributed by atoms with Gasteiger partial charge in [-0.05, 0) is 61.5 Å². The number of ketones is 1. The van der Waals surface area contributed by atoms with Crippen LogP contribution in [0.25, 0.3) is 5.76 Å². The number of aryl methyl sites for hydroxylation is 1. The van der Waals surface area contributed by atoms with Crippen LogP contribution in [0.1, 0.15) is 36.6 Å². The van der Waals surface area contributed by atoms with Crippen LogP contribution in [-0.4, -0.2) is 59.9 Å². The zero-order chi connectivity index (χ0) is 24.3. The fourth-order valence-corrected chi connectivity index (χ4v) is 4.63. The summed E-state index contributed by atoms with van der Waals surface area (Å²) in [6.45, 7) is 8.42. The number of likely N-dealkylation sites (N-methyl/N-ethyl adjacent to an activating group) is 1. The number of ether oxygens (including phenoxy) is 1. The fraction of sp³-hybridized carbons (Fsp3) is 0.360. The van der Waals surface area contributed by atoms with E-state index in [9.17, 15) is 14.7 Å².